The quantitative estimate of drug-likeness (QED) is 0.335. The molecule has 0 aliphatic heterocycles. The minimum absolute atomic E-state index is 0.273. The molecule has 98 valence electrons. The molecule has 0 spiro atoms. The van der Waals surface area contributed by atoms with E-state index in [1.54, 1.807) is 0 Å². The lowest BCUT2D eigenvalue weighted by molar-refractivity contribution is -0.142. The Morgan fingerprint density at radius 2 is 1.94 bits per heavy atom. The largest absolute Gasteiger partial charge is 0.481 e. The number of carbonyl (C=O) groups excluding carboxylic acids is 2. The van der Waals surface area contributed by atoms with E-state index in [9.17, 15) is 19.5 Å². The van der Waals surface area contributed by atoms with Gasteiger partial charge in [0.25, 0.3) is 0 Å². The molecule has 0 rings (SSSR count). The highest BCUT2D eigenvalue weighted by atomic mass is 16.4. The molecule has 2 amide bonds. The highest BCUT2D eigenvalue weighted by molar-refractivity contribution is 5.87. The number of carbonyl (C=O) groups is 3. The topological polar surface area (TPSA) is 156 Å². The van der Waals surface area contributed by atoms with Gasteiger partial charge in [-0.25, -0.2) is 0 Å². The van der Waals surface area contributed by atoms with Crippen LogP contribution in [0.5, 0.6) is 0 Å². The van der Waals surface area contributed by atoms with Crippen LogP contribution in [0.25, 0.3) is 0 Å². The van der Waals surface area contributed by atoms with E-state index >= 15 is 0 Å². The van der Waals surface area contributed by atoms with Gasteiger partial charge in [-0.3, -0.25) is 14.4 Å². The third-order valence-corrected chi connectivity index (χ3v) is 1.93. The zero-order chi connectivity index (χ0) is 13.6. The maximum absolute atomic E-state index is 11.3. The fourth-order valence-corrected chi connectivity index (χ4v) is 1.11. The molecule has 0 aliphatic rings. The van der Waals surface area contributed by atoms with Gasteiger partial charge in [0.1, 0.15) is 0 Å². The number of hydrogen-bond donors (Lipinski definition) is 5. The molecule has 0 aromatic carbocycles. The molecule has 2 unspecified atom stereocenters. The van der Waals surface area contributed by atoms with Crippen molar-refractivity contribution < 1.29 is 24.6 Å². The zero-order valence-electron chi connectivity index (χ0n) is 9.47. The number of nitrogens with one attached hydrogen (secondary N) is 1. The summed E-state index contributed by atoms with van der Waals surface area (Å²) in [4.78, 5) is 32.2. The average Bonchev–Trinajstić information content (AvgIpc) is 2.11. The van der Waals surface area contributed by atoms with Gasteiger partial charge in [-0.15, -0.1) is 0 Å². The van der Waals surface area contributed by atoms with Crippen LogP contribution in [0.1, 0.15) is 19.8 Å². The number of carboxylic acids is 1. The molecular formula is C9H17N3O5. The van der Waals surface area contributed by atoms with E-state index in [-0.39, 0.29) is 13.0 Å². The van der Waals surface area contributed by atoms with E-state index in [4.69, 9.17) is 16.6 Å². The van der Waals surface area contributed by atoms with Gasteiger partial charge in [0, 0.05) is 6.54 Å². The summed E-state index contributed by atoms with van der Waals surface area (Å²) in [7, 11) is 0. The zero-order valence-corrected chi connectivity index (χ0v) is 9.47. The number of rotatable bonds is 7. The maximum atomic E-state index is 11.3. The number of hydrogen-bond acceptors (Lipinski definition) is 5. The lowest BCUT2D eigenvalue weighted by atomic mass is 10.0. The number of nitrogens with two attached hydrogens (primary N) is 2. The highest BCUT2D eigenvalue weighted by Crippen LogP contribution is 2.07. The van der Waals surface area contributed by atoms with Crippen LogP contribution in [0.2, 0.25) is 0 Å². The highest BCUT2D eigenvalue weighted by Gasteiger charge is 2.26. The Labute approximate surface area is 98.0 Å². The molecule has 0 aromatic rings. The number of amides is 2. The Hall–Kier alpha value is -1.67. The smallest absolute Gasteiger partial charge is 0.306 e. The van der Waals surface area contributed by atoms with Crippen LogP contribution in [0.3, 0.4) is 0 Å². The summed E-state index contributed by atoms with van der Waals surface area (Å²) in [5.74, 6) is -2.58. The standard InChI is InChI=1S/C9H17N3O5/c1-9(17,3-7(14)15)4-12-8(16)5(10)2-6(11)13/h5,17H,2-4,10H2,1H3,(H2,11,13)(H,12,16)(H,14,15). The Morgan fingerprint density at radius 1 is 1.41 bits per heavy atom. The number of aliphatic hydroxyl groups is 1. The van der Waals surface area contributed by atoms with Crippen molar-refractivity contribution in [3.8, 4) is 0 Å². The van der Waals surface area contributed by atoms with Gasteiger partial charge in [-0.1, -0.05) is 0 Å². The van der Waals surface area contributed by atoms with E-state index in [2.05, 4.69) is 5.32 Å². The minimum atomic E-state index is -1.58. The van der Waals surface area contributed by atoms with Crippen LogP contribution in [0.4, 0.5) is 0 Å². The summed E-state index contributed by atoms with van der Waals surface area (Å²) in [5, 5.41) is 20.3. The third kappa shape index (κ3) is 7.25. The summed E-state index contributed by atoms with van der Waals surface area (Å²) >= 11 is 0. The van der Waals surface area contributed by atoms with Gasteiger partial charge >= 0.3 is 5.97 Å². The second kappa shape index (κ2) is 6.16. The van der Waals surface area contributed by atoms with Gasteiger partial charge in [0.05, 0.1) is 24.5 Å². The Morgan fingerprint density at radius 3 is 2.35 bits per heavy atom. The molecule has 2 atom stereocenters. The molecule has 0 bridgehead atoms. The summed E-state index contributed by atoms with van der Waals surface area (Å²) in [6.45, 7) is 0.992. The van der Waals surface area contributed by atoms with E-state index < -0.39 is 35.8 Å². The monoisotopic (exact) mass is 247 g/mol. The summed E-state index contributed by atoms with van der Waals surface area (Å²) in [6, 6.07) is -1.10. The van der Waals surface area contributed by atoms with Gasteiger partial charge in [0.15, 0.2) is 0 Å². The maximum Gasteiger partial charge on any atom is 0.306 e. The molecule has 17 heavy (non-hydrogen) atoms. The van der Waals surface area contributed by atoms with Crippen LogP contribution in [0.15, 0.2) is 0 Å². The van der Waals surface area contributed by atoms with E-state index in [1.165, 1.54) is 6.92 Å². The normalized spacial score (nSPS) is 15.7. The number of aliphatic carboxylic acids is 1. The molecule has 8 heteroatoms. The molecule has 8 nitrogen and oxygen atoms in total. The third-order valence-electron chi connectivity index (χ3n) is 1.93. The van der Waals surface area contributed by atoms with Crippen molar-refractivity contribution in [1.29, 1.82) is 0 Å². The molecule has 0 heterocycles. The first-order valence-corrected chi connectivity index (χ1v) is 4.90. The van der Waals surface area contributed by atoms with Gasteiger partial charge in [-0.2, -0.15) is 0 Å². The molecule has 0 saturated heterocycles. The minimum Gasteiger partial charge on any atom is -0.481 e. The Balaban J connectivity index is 4.14. The molecule has 0 fully saturated rings. The van der Waals surface area contributed by atoms with Gasteiger partial charge < -0.3 is 27.0 Å². The summed E-state index contributed by atoms with van der Waals surface area (Å²) in [5.41, 5.74) is 8.62. The number of carboxylic acid groups (broad SMARTS) is 1. The summed E-state index contributed by atoms with van der Waals surface area (Å²) < 4.78 is 0. The van der Waals surface area contributed by atoms with Crippen LogP contribution in [0, 0.1) is 0 Å². The second-order valence-electron chi connectivity index (χ2n) is 4.06. The van der Waals surface area contributed by atoms with Crippen molar-refractivity contribution in [3.05, 3.63) is 0 Å². The van der Waals surface area contributed by atoms with Crippen LogP contribution >= 0.6 is 0 Å². The molecule has 7 N–H and O–H groups in total. The van der Waals surface area contributed by atoms with E-state index in [0.717, 1.165) is 0 Å². The first-order chi connectivity index (χ1) is 7.64. The lowest BCUT2D eigenvalue weighted by Gasteiger charge is -2.22. The molecule has 0 aliphatic carbocycles. The first-order valence-electron chi connectivity index (χ1n) is 4.90. The van der Waals surface area contributed by atoms with Crippen molar-refractivity contribution in [3.63, 3.8) is 0 Å². The van der Waals surface area contributed by atoms with Crippen LogP contribution < -0.4 is 16.8 Å². The summed E-state index contributed by atoms with van der Waals surface area (Å²) in [6.07, 6.45) is -0.828. The number of primary amides is 1. The van der Waals surface area contributed by atoms with Crippen LogP contribution in [-0.2, 0) is 14.4 Å². The Bertz CT molecular complexity index is 316. The molecular weight excluding hydrogens is 230 g/mol. The second-order valence-corrected chi connectivity index (χ2v) is 4.06. The Kier molecular flexibility index (Phi) is 5.56. The van der Waals surface area contributed by atoms with Gasteiger partial charge in [0.2, 0.25) is 11.8 Å². The van der Waals surface area contributed by atoms with Gasteiger partial charge in [-0.05, 0) is 6.92 Å². The fourth-order valence-electron chi connectivity index (χ4n) is 1.11. The predicted molar refractivity (Wildman–Crippen MR) is 57.7 cm³/mol. The van der Waals surface area contributed by atoms with E-state index in [0.29, 0.717) is 0 Å². The van der Waals surface area contributed by atoms with Crippen LogP contribution in [-0.4, -0.2) is 46.2 Å². The lowest BCUT2D eigenvalue weighted by Crippen LogP contribution is -2.48. The molecule has 0 aromatic heterocycles. The molecule has 0 saturated carbocycles. The van der Waals surface area contributed by atoms with Crippen molar-refractivity contribution >= 4 is 17.8 Å². The van der Waals surface area contributed by atoms with Crippen molar-refractivity contribution in [2.24, 2.45) is 11.5 Å². The fraction of sp³-hybridized carbons (Fsp3) is 0.667. The van der Waals surface area contributed by atoms with Crippen molar-refractivity contribution in [2.75, 3.05) is 6.54 Å². The predicted octanol–water partition coefficient (Wildman–Crippen LogP) is -2.47. The first kappa shape index (κ1) is 15.3. The van der Waals surface area contributed by atoms with Crippen molar-refractivity contribution in [1.82, 2.24) is 5.32 Å². The average molecular weight is 247 g/mol. The van der Waals surface area contributed by atoms with E-state index in [1.807, 2.05) is 0 Å². The SMILES string of the molecule is CC(O)(CNC(=O)C(N)CC(N)=O)CC(=O)O. The molecule has 0 radical (unpaired) electrons. The van der Waals surface area contributed by atoms with Crippen molar-refractivity contribution in [2.45, 2.75) is 31.4 Å².